The van der Waals surface area contributed by atoms with Crippen LogP contribution in [0.4, 0.5) is 5.69 Å². The summed E-state index contributed by atoms with van der Waals surface area (Å²) in [5.74, 6) is -0.426. The third kappa shape index (κ3) is 8.60. The fourth-order valence-corrected chi connectivity index (χ4v) is 6.31. The number of aryl methyl sites for hydroxylation is 1. The Bertz CT molecular complexity index is 1280. The van der Waals surface area contributed by atoms with Crippen molar-refractivity contribution in [1.29, 1.82) is 0 Å². The number of sulfonamides is 1. The van der Waals surface area contributed by atoms with Gasteiger partial charge in [-0.25, -0.2) is 8.42 Å². The minimum atomic E-state index is -3.56. The standard InChI is InChI=1S/C29H39Cl2N3O4S/c1-20-10-8-13-27(21(20)2)34(39(4,37)38)17-9-14-28(35)33(19-23-15-16-25(30)26(31)18-23)22(3)29(36)32-24-11-6-5-7-12-24/h8,10,13,15-16,18,22,24H,5-7,9,11-12,14,17,19H2,1-4H3,(H,32,36). The molecule has 1 aliphatic carbocycles. The summed E-state index contributed by atoms with van der Waals surface area (Å²) in [7, 11) is -3.56. The molecule has 39 heavy (non-hydrogen) atoms. The van der Waals surface area contributed by atoms with Crippen LogP contribution in [-0.4, -0.2) is 50.0 Å². The van der Waals surface area contributed by atoms with Gasteiger partial charge in [0.2, 0.25) is 21.8 Å². The molecule has 214 valence electrons. The molecule has 1 fully saturated rings. The van der Waals surface area contributed by atoms with Crippen LogP contribution in [0.2, 0.25) is 10.0 Å². The first-order valence-electron chi connectivity index (χ1n) is 13.5. The number of amides is 2. The van der Waals surface area contributed by atoms with E-state index in [1.54, 1.807) is 36.1 Å². The summed E-state index contributed by atoms with van der Waals surface area (Å²) in [6.07, 6.45) is 6.79. The van der Waals surface area contributed by atoms with Gasteiger partial charge in [-0.05, 0) is 74.9 Å². The number of nitrogens with zero attached hydrogens (tertiary/aromatic N) is 2. The van der Waals surface area contributed by atoms with Crippen LogP contribution in [0.1, 0.15) is 68.6 Å². The topological polar surface area (TPSA) is 86.8 Å². The number of carbonyl (C=O) groups excluding carboxylic acids is 2. The molecule has 0 radical (unpaired) electrons. The minimum absolute atomic E-state index is 0.0826. The summed E-state index contributed by atoms with van der Waals surface area (Å²) in [4.78, 5) is 28.3. The molecule has 0 saturated heterocycles. The van der Waals surface area contributed by atoms with Gasteiger partial charge in [0.1, 0.15) is 6.04 Å². The zero-order chi connectivity index (χ0) is 28.7. The Morgan fingerprint density at radius 3 is 2.38 bits per heavy atom. The second-order valence-electron chi connectivity index (χ2n) is 10.4. The number of carbonyl (C=O) groups is 2. The fraction of sp³-hybridized carbons (Fsp3) is 0.517. The Kier molecular flexibility index (Phi) is 11.1. The van der Waals surface area contributed by atoms with Gasteiger partial charge in [-0.2, -0.15) is 0 Å². The van der Waals surface area contributed by atoms with Crippen molar-refractivity contribution in [2.45, 2.75) is 84.3 Å². The third-order valence-electron chi connectivity index (χ3n) is 7.45. The molecule has 7 nitrogen and oxygen atoms in total. The molecule has 1 N–H and O–H groups in total. The molecule has 0 spiro atoms. The maximum absolute atomic E-state index is 13.5. The van der Waals surface area contributed by atoms with Crippen LogP contribution in [-0.2, 0) is 26.2 Å². The molecule has 2 amide bonds. The van der Waals surface area contributed by atoms with Crippen LogP contribution in [0.5, 0.6) is 0 Å². The number of hydrogen-bond acceptors (Lipinski definition) is 4. The molecule has 2 aromatic rings. The average molecular weight is 597 g/mol. The second kappa shape index (κ2) is 13.9. The summed E-state index contributed by atoms with van der Waals surface area (Å²) in [6.45, 7) is 5.88. The predicted octanol–water partition coefficient (Wildman–Crippen LogP) is 6.02. The zero-order valence-corrected chi connectivity index (χ0v) is 25.5. The summed E-state index contributed by atoms with van der Waals surface area (Å²) in [5, 5.41) is 3.90. The van der Waals surface area contributed by atoms with Crippen LogP contribution in [0.3, 0.4) is 0 Å². The van der Waals surface area contributed by atoms with E-state index in [1.165, 1.54) is 17.0 Å². The normalized spacial score (nSPS) is 15.0. The van der Waals surface area contributed by atoms with Gasteiger partial charge in [0, 0.05) is 25.6 Å². The van der Waals surface area contributed by atoms with Gasteiger partial charge in [0.15, 0.2) is 0 Å². The molecule has 1 saturated carbocycles. The van der Waals surface area contributed by atoms with E-state index < -0.39 is 16.1 Å². The Hall–Kier alpha value is -2.29. The molecule has 10 heteroatoms. The monoisotopic (exact) mass is 595 g/mol. The highest BCUT2D eigenvalue weighted by Gasteiger charge is 2.29. The van der Waals surface area contributed by atoms with E-state index in [2.05, 4.69) is 5.32 Å². The molecular formula is C29H39Cl2N3O4S. The number of halogens is 2. The third-order valence-corrected chi connectivity index (χ3v) is 9.37. The van der Waals surface area contributed by atoms with E-state index in [9.17, 15) is 18.0 Å². The lowest BCUT2D eigenvalue weighted by Crippen LogP contribution is -2.50. The Labute approximate surface area is 242 Å². The summed E-state index contributed by atoms with van der Waals surface area (Å²) in [5.41, 5.74) is 3.23. The van der Waals surface area contributed by atoms with Crippen LogP contribution in [0.15, 0.2) is 36.4 Å². The quantitative estimate of drug-likeness (QED) is 0.344. The van der Waals surface area contributed by atoms with Gasteiger partial charge < -0.3 is 10.2 Å². The summed E-state index contributed by atoms with van der Waals surface area (Å²) < 4.78 is 26.6. The van der Waals surface area contributed by atoms with Crippen LogP contribution in [0.25, 0.3) is 0 Å². The van der Waals surface area contributed by atoms with Crippen molar-refractivity contribution in [3.63, 3.8) is 0 Å². The van der Waals surface area contributed by atoms with Gasteiger partial charge in [0.25, 0.3) is 0 Å². The van der Waals surface area contributed by atoms with E-state index in [4.69, 9.17) is 23.2 Å². The number of benzene rings is 2. The molecule has 3 rings (SSSR count). The van der Waals surface area contributed by atoms with Gasteiger partial charge in [-0.15, -0.1) is 0 Å². The van der Waals surface area contributed by atoms with Crippen LogP contribution in [0, 0.1) is 13.8 Å². The Morgan fingerprint density at radius 2 is 1.74 bits per heavy atom. The van der Waals surface area contributed by atoms with Crippen LogP contribution >= 0.6 is 23.2 Å². The van der Waals surface area contributed by atoms with Crippen LogP contribution < -0.4 is 9.62 Å². The van der Waals surface area contributed by atoms with Gasteiger partial charge >= 0.3 is 0 Å². The number of hydrogen-bond donors (Lipinski definition) is 1. The highest BCUT2D eigenvalue weighted by molar-refractivity contribution is 7.92. The van der Waals surface area contributed by atoms with E-state index in [0.29, 0.717) is 22.2 Å². The van der Waals surface area contributed by atoms with Gasteiger partial charge in [0.05, 0.1) is 22.0 Å². The van der Waals surface area contributed by atoms with E-state index in [0.717, 1.165) is 42.4 Å². The Morgan fingerprint density at radius 1 is 1.05 bits per heavy atom. The summed E-state index contributed by atoms with van der Waals surface area (Å²) >= 11 is 12.3. The van der Waals surface area contributed by atoms with Crippen molar-refractivity contribution >= 4 is 50.7 Å². The molecule has 1 aliphatic rings. The molecule has 0 bridgehead atoms. The smallest absolute Gasteiger partial charge is 0.242 e. The van der Waals surface area contributed by atoms with Crippen molar-refractivity contribution in [3.05, 3.63) is 63.1 Å². The predicted molar refractivity (Wildman–Crippen MR) is 159 cm³/mol. The zero-order valence-electron chi connectivity index (χ0n) is 23.2. The van der Waals surface area contributed by atoms with E-state index in [-0.39, 0.29) is 37.4 Å². The van der Waals surface area contributed by atoms with Crippen molar-refractivity contribution in [1.82, 2.24) is 10.2 Å². The molecule has 1 unspecified atom stereocenters. The summed E-state index contributed by atoms with van der Waals surface area (Å²) in [6, 6.07) is 10.1. The fourth-order valence-electron chi connectivity index (χ4n) is 4.97. The Balaban J connectivity index is 1.76. The lowest BCUT2D eigenvalue weighted by Gasteiger charge is -2.31. The largest absolute Gasteiger partial charge is 0.352 e. The van der Waals surface area contributed by atoms with E-state index in [1.807, 2.05) is 26.0 Å². The molecule has 0 aliphatic heterocycles. The molecule has 0 aromatic heterocycles. The lowest BCUT2D eigenvalue weighted by atomic mass is 9.95. The van der Waals surface area contributed by atoms with E-state index >= 15 is 0 Å². The first-order chi connectivity index (χ1) is 18.4. The van der Waals surface area contributed by atoms with Gasteiger partial charge in [-0.3, -0.25) is 13.9 Å². The number of rotatable bonds is 11. The van der Waals surface area contributed by atoms with Gasteiger partial charge in [-0.1, -0.05) is 60.7 Å². The number of anilines is 1. The molecule has 0 heterocycles. The number of nitrogens with one attached hydrogen (secondary N) is 1. The minimum Gasteiger partial charge on any atom is -0.352 e. The maximum Gasteiger partial charge on any atom is 0.242 e. The lowest BCUT2D eigenvalue weighted by molar-refractivity contribution is -0.141. The molecular weight excluding hydrogens is 557 g/mol. The first-order valence-corrected chi connectivity index (χ1v) is 16.1. The van der Waals surface area contributed by atoms with Crippen molar-refractivity contribution in [2.24, 2.45) is 0 Å². The SMILES string of the molecule is Cc1cccc(N(CCCC(=O)N(Cc2ccc(Cl)c(Cl)c2)C(C)C(=O)NC2CCCCC2)S(C)(=O)=O)c1C. The first kappa shape index (κ1) is 31.2. The van der Waals surface area contributed by atoms with Crippen molar-refractivity contribution in [2.75, 3.05) is 17.1 Å². The maximum atomic E-state index is 13.5. The molecule has 1 atom stereocenters. The van der Waals surface area contributed by atoms with Crippen molar-refractivity contribution in [3.8, 4) is 0 Å². The average Bonchev–Trinajstić information content (AvgIpc) is 2.88. The molecule has 2 aromatic carbocycles. The van der Waals surface area contributed by atoms with Crippen molar-refractivity contribution < 1.29 is 18.0 Å². The second-order valence-corrected chi connectivity index (χ2v) is 13.2. The highest BCUT2D eigenvalue weighted by atomic mass is 35.5. The highest BCUT2D eigenvalue weighted by Crippen LogP contribution is 2.27.